The summed E-state index contributed by atoms with van der Waals surface area (Å²) in [5.41, 5.74) is 0.789. The first-order valence-electron chi connectivity index (χ1n) is 8.38. The predicted molar refractivity (Wildman–Crippen MR) is 93.5 cm³/mol. The Hall–Kier alpha value is -2.34. The first-order valence-corrected chi connectivity index (χ1v) is 8.38. The molecule has 1 heterocycles. The van der Waals surface area contributed by atoms with E-state index in [9.17, 15) is 14.7 Å². The molecule has 1 atom stereocenters. The lowest BCUT2D eigenvalue weighted by molar-refractivity contribution is -0.129. The minimum atomic E-state index is -0.653. The van der Waals surface area contributed by atoms with E-state index < -0.39 is 17.7 Å². The van der Waals surface area contributed by atoms with Gasteiger partial charge in [-0.05, 0) is 33.3 Å². The van der Waals surface area contributed by atoms with Crippen molar-refractivity contribution in [2.45, 2.75) is 39.3 Å². The van der Waals surface area contributed by atoms with Gasteiger partial charge in [-0.25, -0.2) is 0 Å². The number of ether oxygens (including phenoxy) is 2. The highest BCUT2D eigenvalue weighted by Gasteiger charge is 2.43. The highest BCUT2D eigenvalue weighted by Crippen LogP contribution is 2.41. The van der Waals surface area contributed by atoms with Crippen molar-refractivity contribution in [1.29, 1.82) is 0 Å². The summed E-state index contributed by atoms with van der Waals surface area (Å²) in [5, 5.41) is 10.2. The fourth-order valence-electron chi connectivity index (χ4n) is 3.01. The van der Waals surface area contributed by atoms with Crippen molar-refractivity contribution in [2.75, 3.05) is 20.3 Å². The van der Waals surface area contributed by atoms with Crippen LogP contribution in [-0.2, 0) is 14.3 Å². The lowest BCUT2D eigenvalue weighted by Gasteiger charge is -2.27. The van der Waals surface area contributed by atoms with Crippen molar-refractivity contribution in [2.24, 2.45) is 0 Å². The van der Waals surface area contributed by atoms with Gasteiger partial charge < -0.3 is 19.5 Å². The number of hydrogen-bond acceptors (Lipinski definition) is 5. The van der Waals surface area contributed by atoms with Crippen molar-refractivity contribution < 1.29 is 24.2 Å². The Morgan fingerprint density at radius 3 is 2.60 bits per heavy atom. The third-order valence-corrected chi connectivity index (χ3v) is 4.11. The van der Waals surface area contributed by atoms with Crippen LogP contribution in [0.2, 0.25) is 0 Å². The number of amides is 1. The number of rotatable bonds is 8. The molecule has 0 radical (unpaired) electrons. The lowest BCUT2D eigenvalue weighted by atomic mass is 9.96. The van der Waals surface area contributed by atoms with Gasteiger partial charge in [0.05, 0.1) is 24.8 Å². The summed E-state index contributed by atoms with van der Waals surface area (Å²) in [7, 11) is 1.54. The number of hydrogen-bond donors (Lipinski definition) is 1. The number of aliphatic hydroxyl groups is 1. The van der Waals surface area contributed by atoms with Gasteiger partial charge in [0.2, 0.25) is 0 Å². The highest BCUT2D eigenvalue weighted by molar-refractivity contribution is 6.08. The van der Waals surface area contributed by atoms with Gasteiger partial charge in [0.25, 0.3) is 5.91 Å². The smallest absolute Gasteiger partial charge is 0.290 e. The summed E-state index contributed by atoms with van der Waals surface area (Å²) < 4.78 is 10.9. The number of carbonyl (C=O) groups is 2. The van der Waals surface area contributed by atoms with Crippen LogP contribution >= 0.6 is 0 Å². The molecule has 0 saturated heterocycles. The second kappa shape index (κ2) is 8.16. The van der Waals surface area contributed by atoms with E-state index in [1.165, 1.54) is 18.9 Å². The molecule has 1 unspecified atom stereocenters. The molecule has 136 valence electrons. The van der Waals surface area contributed by atoms with E-state index in [1.54, 1.807) is 12.1 Å². The summed E-state index contributed by atoms with van der Waals surface area (Å²) in [4.78, 5) is 26.1. The maximum absolute atomic E-state index is 12.5. The molecule has 6 nitrogen and oxygen atoms in total. The van der Waals surface area contributed by atoms with Gasteiger partial charge in [-0.3, -0.25) is 9.59 Å². The van der Waals surface area contributed by atoms with Crippen molar-refractivity contribution >= 4 is 11.7 Å². The third-order valence-electron chi connectivity index (χ3n) is 4.11. The van der Waals surface area contributed by atoms with Crippen LogP contribution < -0.4 is 4.74 Å². The first-order chi connectivity index (χ1) is 11.9. The Kier molecular flexibility index (Phi) is 6.20. The van der Waals surface area contributed by atoms with Crippen LogP contribution in [0.25, 0.3) is 0 Å². The average molecular weight is 347 g/mol. The zero-order chi connectivity index (χ0) is 18.6. The number of ketones is 1. The quantitative estimate of drug-likeness (QED) is 0.732. The van der Waals surface area contributed by atoms with Crippen LogP contribution in [0.3, 0.4) is 0 Å². The fourth-order valence-corrected chi connectivity index (χ4v) is 3.01. The van der Waals surface area contributed by atoms with Gasteiger partial charge in [-0.2, -0.15) is 0 Å². The van der Waals surface area contributed by atoms with Crippen LogP contribution in [0.4, 0.5) is 0 Å². The summed E-state index contributed by atoms with van der Waals surface area (Å²) in [6.45, 7) is 6.11. The molecule has 0 aliphatic carbocycles. The Balaban J connectivity index is 2.34. The number of Topliss-reactive ketones (excluding diaryl/α,β-unsaturated/α-hetero) is 1. The monoisotopic (exact) mass is 347 g/mol. The van der Waals surface area contributed by atoms with Gasteiger partial charge >= 0.3 is 0 Å². The minimum Gasteiger partial charge on any atom is -0.503 e. The second-order valence-electron chi connectivity index (χ2n) is 6.23. The van der Waals surface area contributed by atoms with Gasteiger partial charge in [-0.15, -0.1) is 0 Å². The molecule has 25 heavy (non-hydrogen) atoms. The zero-order valence-corrected chi connectivity index (χ0v) is 15.1. The molecule has 2 rings (SSSR count). The van der Waals surface area contributed by atoms with Gasteiger partial charge in [0.1, 0.15) is 5.75 Å². The number of benzene rings is 1. The highest BCUT2D eigenvalue weighted by atomic mass is 16.5. The minimum absolute atomic E-state index is 0.110. The Labute approximate surface area is 148 Å². The predicted octanol–water partition coefficient (Wildman–Crippen LogP) is 2.79. The standard InChI is InChI=1S/C19H25NO5/c1-12(2)25-11-7-10-20-17(14-8-5-6-9-15(14)24-4)16(13(3)21)18(22)19(20)23/h5-6,8-9,12,17,22H,7,10-11H2,1-4H3. The average Bonchev–Trinajstić information content (AvgIpc) is 2.83. The third kappa shape index (κ3) is 4.02. The Morgan fingerprint density at radius 2 is 2.00 bits per heavy atom. The summed E-state index contributed by atoms with van der Waals surface area (Å²) in [5.74, 6) is -0.779. The van der Waals surface area contributed by atoms with E-state index in [0.29, 0.717) is 30.9 Å². The topological polar surface area (TPSA) is 76.1 Å². The molecule has 0 aromatic heterocycles. The molecule has 1 aliphatic heterocycles. The number of carbonyl (C=O) groups excluding carboxylic acids is 2. The van der Waals surface area contributed by atoms with Crippen molar-refractivity contribution in [3.05, 3.63) is 41.2 Å². The normalized spacial score (nSPS) is 17.6. The van der Waals surface area contributed by atoms with Crippen LogP contribution in [-0.4, -0.2) is 48.1 Å². The molecular formula is C19H25NO5. The van der Waals surface area contributed by atoms with Crippen molar-refractivity contribution in [1.82, 2.24) is 4.90 Å². The first kappa shape index (κ1) is 19.0. The largest absolute Gasteiger partial charge is 0.503 e. The van der Waals surface area contributed by atoms with E-state index in [1.807, 2.05) is 26.0 Å². The molecule has 6 heteroatoms. The summed E-state index contributed by atoms with van der Waals surface area (Å²) in [6, 6.07) is 6.55. The SMILES string of the molecule is COc1ccccc1C1C(C(C)=O)=C(O)C(=O)N1CCCOC(C)C. The summed E-state index contributed by atoms with van der Waals surface area (Å²) >= 11 is 0. The van der Waals surface area contributed by atoms with Crippen LogP contribution in [0.15, 0.2) is 35.6 Å². The molecule has 0 fully saturated rings. The van der Waals surface area contributed by atoms with Crippen molar-refractivity contribution in [3.63, 3.8) is 0 Å². The number of para-hydroxylation sites is 1. The number of nitrogens with zero attached hydrogens (tertiary/aromatic N) is 1. The molecule has 0 spiro atoms. The van der Waals surface area contributed by atoms with E-state index in [0.717, 1.165) is 0 Å². The Morgan fingerprint density at radius 1 is 1.32 bits per heavy atom. The van der Waals surface area contributed by atoms with Gasteiger partial charge in [-0.1, -0.05) is 18.2 Å². The zero-order valence-electron chi connectivity index (χ0n) is 15.1. The van der Waals surface area contributed by atoms with Gasteiger partial charge in [0.15, 0.2) is 11.5 Å². The maximum Gasteiger partial charge on any atom is 0.290 e. The molecule has 0 bridgehead atoms. The van der Waals surface area contributed by atoms with E-state index in [-0.39, 0.29) is 17.5 Å². The van der Waals surface area contributed by atoms with E-state index >= 15 is 0 Å². The van der Waals surface area contributed by atoms with Crippen LogP contribution in [0.5, 0.6) is 5.75 Å². The molecular weight excluding hydrogens is 322 g/mol. The van der Waals surface area contributed by atoms with E-state index in [4.69, 9.17) is 9.47 Å². The fraction of sp³-hybridized carbons (Fsp3) is 0.474. The molecule has 1 N–H and O–H groups in total. The Bertz CT molecular complexity index is 680. The van der Waals surface area contributed by atoms with Crippen LogP contribution in [0, 0.1) is 0 Å². The van der Waals surface area contributed by atoms with Crippen molar-refractivity contribution in [3.8, 4) is 5.75 Å². The molecule has 0 saturated carbocycles. The summed E-state index contributed by atoms with van der Waals surface area (Å²) in [6.07, 6.45) is 0.715. The second-order valence-corrected chi connectivity index (χ2v) is 6.23. The van der Waals surface area contributed by atoms with E-state index in [2.05, 4.69) is 0 Å². The molecule has 1 amide bonds. The maximum atomic E-state index is 12.5. The molecule has 1 aromatic carbocycles. The molecule has 1 aliphatic rings. The lowest BCUT2D eigenvalue weighted by Crippen LogP contribution is -2.32. The number of methoxy groups -OCH3 is 1. The van der Waals surface area contributed by atoms with Crippen LogP contribution in [0.1, 0.15) is 38.8 Å². The van der Waals surface area contributed by atoms with Gasteiger partial charge in [0, 0.05) is 18.7 Å². The molecule has 1 aromatic rings. The number of aliphatic hydroxyl groups excluding tert-OH is 1.